The fourth-order valence-electron chi connectivity index (χ4n) is 3.41. The van der Waals surface area contributed by atoms with Crippen LogP contribution in [0.3, 0.4) is 0 Å². The van der Waals surface area contributed by atoms with Gasteiger partial charge in [0, 0.05) is 24.5 Å². The fraction of sp³-hybridized carbons (Fsp3) is 0.474. The highest BCUT2D eigenvalue weighted by Gasteiger charge is 2.20. The summed E-state index contributed by atoms with van der Waals surface area (Å²) in [6.07, 6.45) is 10.5. The highest BCUT2D eigenvalue weighted by atomic mass is 32.2. The van der Waals surface area contributed by atoms with Crippen molar-refractivity contribution in [2.75, 3.05) is 19.3 Å². The summed E-state index contributed by atoms with van der Waals surface area (Å²) >= 11 is 1.73. The van der Waals surface area contributed by atoms with Crippen molar-refractivity contribution in [3.05, 3.63) is 58.1 Å². The molecule has 3 heterocycles. The van der Waals surface area contributed by atoms with E-state index in [0.717, 1.165) is 37.5 Å². The molecule has 1 N–H and O–H groups in total. The lowest BCUT2D eigenvalue weighted by Crippen LogP contribution is -2.35. The Labute approximate surface area is 147 Å². The first kappa shape index (κ1) is 17.2. The van der Waals surface area contributed by atoms with E-state index >= 15 is 0 Å². The van der Waals surface area contributed by atoms with Crippen molar-refractivity contribution in [2.45, 2.75) is 37.3 Å². The number of rotatable bonds is 6. The van der Waals surface area contributed by atoms with Crippen molar-refractivity contribution in [3.63, 3.8) is 0 Å². The van der Waals surface area contributed by atoms with Gasteiger partial charge in [0.15, 0.2) is 0 Å². The molecule has 4 nitrogen and oxygen atoms in total. The molecule has 5 heteroatoms. The number of aryl methyl sites for hydroxylation is 1. The molecule has 0 saturated carbocycles. The lowest BCUT2D eigenvalue weighted by atomic mass is 9.90. The molecule has 0 unspecified atom stereocenters. The summed E-state index contributed by atoms with van der Waals surface area (Å²) in [4.78, 5) is 21.4. The van der Waals surface area contributed by atoms with E-state index in [4.69, 9.17) is 0 Å². The van der Waals surface area contributed by atoms with Gasteiger partial charge in [-0.05, 0) is 68.6 Å². The minimum atomic E-state index is 0.0424. The van der Waals surface area contributed by atoms with Gasteiger partial charge in [0.1, 0.15) is 0 Å². The van der Waals surface area contributed by atoms with Crippen LogP contribution in [-0.2, 0) is 13.0 Å². The molecule has 0 radical (unpaired) electrons. The molecule has 3 rings (SSSR count). The van der Waals surface area contributed by atoms with Crippen molar-refractivity contribution >= 4 is 11.8 Å². The summed E-state index contributed by atoms with van der Waals surface area (Å²) < 4.78 is 0. The molecule has 0 aliphatic carbocycles. The summed E-state index contributed by atoms with van der Waals surface area (Å²) in [5.74, 6) is 0.783. The van der Waals surface area contributed by atoms with Crippen molar-refractivity contribution < 1.29 is 0 Å². The molecule has 0 bridgehead atoms. The van der Waals surface area contributed by atoms with Gasteiger partial charge >= 0.3 is 0 Å². The summed E-state index contributed by atoms with van der Waals surface area (Å²) in [6, 6.07) is 8.07. The van der Waals surface area contributed by atoms with Gasteiger partial charge in [0.05, 0.1) is 5.03 Å². The Balaban J connectivity index is 1.47. The van der Waals surface area contributed by atoms with Crippen LogP contribution in [0.15, 0.2) is 46.5 Å². The Morgan fingerprint density at radius 3 is 2.79 bits per heavy atom. The molecular formula is C19H25N3OS. The van der Waals surface area contributed by atoms with E-state index in [9.17, 15) is 4.79 Å². The molecule has 0 aromatic carbocycles. The Morgan fingerprint density at radius 1 is 1.25 bits per heavy atom. The monoisotopic (exact) mass is 343 g/mol. The minimum absolute atomic E-state index is 0.0424. The third-order valence-corrected chi connectivity index (χ3v) is 5.62. The number of likely N-dealkylation sites (tertiary alicyclic amines) is 1. The van der Waals surface area contributed by atoms with Gasteiger partial charge < -0.3 is 4.98 Å². The fourth-order valence-corrected chi connectivity index (χ4v) is 4.01. The maximum Gasteiger partial charge on any atom is 0.252 e. The number of H-pyrrole nitrogens is 1. The number of aromatic nitrogens is 2. The van der Waals surface area contributed by atoms with E-state index in [1.54, 1.807) is 18.0 Å². The quantitative estimate of drug-likeness (QED) is 0.817. The van der Waals surface area contributed by atoms with Crippen molar-refractivity contribution in [3.8, 4) is 0 Å². The van der Waals surface area contributed by atoms with E-state index in [0.29, 0.717) is 0 Å². The SMILES string of the molecule is CSc1ncccc1CCC1CCN(Cc2ccc[nH]c2=O)CC1. The van der Waals surface area contributed by atoms with Crippen molar-refractivity contribution in [2.24, 2.45) is 5.92 Å². The molecule has 2 aromatic heterocycles. The Morgan fingerprint density at radius 2 is 2.04 bits per heavy atom. The van der Waals surface area contributed by atoms with E-state index in [1.807, 2.05) is 24.4 Å². The summed E-state index contributed by atoms with van der Waals surface area (Å²) in [5, 5.41) is 1.17. The van der Waals surface area contributed by atoms with Gasteiger partial charge in [-0.1, -0.05) is 12.1 Å². The lowest BCUT2D eigenvalue weighted by molar-refractivity contribution is 0.172. The first-order valence-corrected chi connectivity index (χ1v) is 9.85. The zero-order chi connectivity index (χ0) is 16.8. The molecule has 128 valence electrons. The van der Waals surface area contributed by atoms with Gasteiger partial charge in [-0.25, -0.2) is 4.98 Å². The number of aromatic amines is 1. The molecule has 1 aliphatic rings. The van der Waals surface area contributed by atoms with Crippen LogP contribution >= 0.6 is 11.8 Å². The molecule has 0 spiro atoms. The van der Waals surface area contributed by atoms with E-state index in [1.165, 1.54) is 29.9 Å². The minimum Gasteiger partial charge on any atom is -0.329 e. The summed E-state index contributed by atoms with van der Waals surface area (Å²) in [7, 11) is 0. The number of thioether (sulfide) groups is 1. The zero-order valence-corrected chi connectivity index (χ0v) is 15.0. The topological polar surface area (TPSA) is 49.0 Å². The molecule has 24 heavy (non-hydrogen) atoms. The van der Waals surface area contributed by atoms with Crippen LogP contribution in [0.4, 0.5) is 0 Å². The first-order chi connectivity index (χ1) is 11.8. The maximum atomic E-state index is 11.8. The first-order valence-electron chi connectivity index (χ1n) is 8.63. The highest BCUT2D eigenvalue weighted by Crippen LogP contribution is 2.25. The number of nitrogens with zero attached hydrogens (tertiary/aromatic N) is 2. The molecule has 0 amide bonds. The number of pyridine rings is 2. The third-order valence-electron chi connectivity index (χ3n) is 4.87. The normalized spacial score (nSPS) is 16.4. The number of hydrogen-bond acceptors (Lipinski definition) is 4. The lowest BCUT2D eigenvalue weighted by Gasteiger charge is -2.31. The highest BCUT2D eigenvalue weighted by molar-refractivity contribution is 7.98. The van der Waals surface area contributed by atoms with Crippen LogP contribution < -0.4 is 5.56 Å². The smallest absolute Gasteiger partial charge is 0.252 e. The zero-order valence-electron chi connectivity index (χ0n) is 14.2. The second kappa shape index (κ2) is 8.49. The Kier molecular flexibility index (Phi) is 6.10. The second-order valence-electron chi connectivity index (χ2n) is 6.45. The van der Waals surface area contributed by atoms with Gasteiger partial charge in [0.2, 0.25) is 0 Å². The Hall–Kier alpha value is -1.59. The van der Waals surface area contributed by atoms with Crippen LogP contribution in [0.2, 0.25) is 0 Å². The van der Waals surface area contributed by atoms with Gasteiger partial charge in [0.25, 0.3) is 5.56 Å². The number of piperidine rings is 1. The number of nitrogens with one attached hydrogen (secondary N) is 1. The van der Waals surface area contributed by atoms with Crippen LogP contribution in [0.25, 0.3) is 0 Å². The van der Waals surface area contributed by atoms with Gasteiger partial charge in [-0.3, -0.25) is 9.69 Å². The molecular weight excluding hydrogens is 318 g/mol. The maximum absolute atomic E-state index is 11.8. The number of hydrogen-bond donors (Lipinski definition) is 1. The van der Waals surface area contributed by atoms with Gasteiger partial charge in [-0.15, -0.1) is 11.8 Å². The third kappa shape index (κ3) is 4.48. The van der Waals surface area contributed by atoms with E-state index in [-0.39, 0.29) is 5.56 Å². The average Bonchev–Trinajstić information content (AvgIpc) is 2.63. The molecule has 1 saturated heterocycles. The molecule has 2 aromatic rings. The largest absolute Gasteiger partial charge is 0.329 e. The van der Waals surface area contributed by atoms with Gasteiger partial charge in [-0.2, -0.15) is 0 Å². The summed E-state index contributed by atoms with van der Waals surface area (Å²) in [5.41, 5.74) is 2.29. The second-order valence-corrected chi connectivity index (χ2v) is 7.25. The predicted octanol–water partition coefficient (Wildman–Crippen LogP) is 3.34. The Bertz CT molecular complexity index is 708. The molecule has 1 fully saturated rings. The van der Waals surface area contributed by atoms with Crippen molar-refractivity contribution in [1.29, 1.82) is 0 Å². The van der Waals surface area contributed by atoms with Crippen molar-refractivity contribution in [1.82, 2.24) is 14.9 Å². The van der Waals surface area contributed by atoms with Crippen LogP contribution in [0.1, 0.15) is 30.4 Å². The van der Waals surface area contributed by atoms with Crippen LogP contribution in [0.5, 0.6) is 0 Å². The predicted molar refractivity (Wildman–Crippen MR) is 99.4 cm³/mol. The summed E-state index contributed by atoms with van der Waals surface area (Å²) in [6.45, 7) is 2.94. The van der Waals surface area contributed by atoms with Crippen LogP contribution in [-0.4, -0.2) is 34.2 Å². The molecule has 0 atom stereocenters. The van der Waals surface area contributed by atoms with E-state index in [2.05, 4.69) is 27.2 Å². The molecule has 1 aliphatic heterocycles. The standard InChI is InChI=1S/C19H25N3OS/c1-24-19-16(4-2-11-21-19)7-6-15-8-12-22(13-9-15)14-17-5-3-10-20-18(17)23/h2-5,10-11,15H,6-9,12-14H2,1H3,(H,20,23). The average molecular weight is 343 g/mol. The van der Waals surface area contributed by atoms with Crippen LogP contribution in [0, 0.1) is 5.92 Å². The van der Waals surface area contributed by atoms with E-state index < -0.39 is 0 Å².